The highest BCUT2D eigenvalue weighted by atomic mass is 35.5. The summed E-state index contributed by atoms with van der Waals surface area (Å²) in [6, 6.07) is 18.5. The van der Waals surface area contributed by atoms with E-state index in [0.717, 1.165) is 54.8 Å². The summed E-state index contributed by atoms with van der Waals surface area (Å²) in [5, 5.41) is 4.21. The fraction of sp³-hybridized carbons (Fsp3) is 0.273. The molecule has 2 heterocycles. The number of halogens is 1. The smallest absolute Gasteiger partial charge is 0.232 e. The topological polar surface area (TPSA) is 41.1 Å². The average molecular weight is 379 g/mol. The monoisotopic (exact) mass is 378 g/mol. The first kappa shape index (κ1) is 17.8. The Bertz CT molecular complexity index is 924. The summed E-state index contributed by atoms with van der Waals surface area (Å²) >= 11 is 5.95. The van der Waals surface area contributed by atoms with E-state index in [-0.39, 0.29) is 0 Å². The number of anilines is 3. The van der Waals surface area contributed by atoms with Crippen molar-refractivity contribution in [2.75, 3.05) is 23.3 Å². The molecule has 0 saturated carbocycles. The van der Waals surface area contributed by atoms with Crippen molar-refractivity contribution in [3.8, 4) is 0 Å². The zero-order chi connectivity index (χ0) is 18.6. The summed E-state index contributed by atoms with van der Waals surface area (Å²) in [5.74, 6) is 1.64. The predicted molar refractivity (Wildman–Crippen MR) is 112 cm³/mol. The summed E-state index contributed by atoms with van der Waals surface area (Å²) in [5.41, 5.74) is 4.81. The minimum absolute atomic E-state index is 0.768. The molecule has 0 unspecified atom stereocenters. The quantitative estimate of drug-likeness (QED) is 0.664. The summed E-state index contributed by atoms with van der Waals surface area (Å²) in [6.45, 7) is 3.78. The van der Waals surface area contributed by atoms with E-state index in [4.69, 9.17) is 21.6 Å². The molecule has 0 radical (unpaired) electrons. The van der Waals surface area contributed by atoms with E-state index < -0.39 is 0 Å². The van der Waals surface area contributed by atoms with Gasteiger partial charge in [0.2, 0.25) is 5.95 Å². The first-order valence-electron chi connectivity index (χ1n) is 9.38. The van der Waals surface area contributed by atoms with Crippen LogP contribution in [-0.4, -0.2) is 23.1 Å². The van der Waals surface area contributed by atoms with Crippen LogP contribution >= 0.6 is 11.6 Å². The lowest BCUT2D eigenvalue weighted by molar-refractivity contribution is 0.749. The van der Waals surface area contributed by atoms with E-state index in [1.54, 1.807) is 0 Å². The van der Waals surface area contributed by atoms with Crippen LogP contribution in [0, 0.1) is 6.92 Å². The Morgan fingerprint density at radius 3 is 2.74 bits per heavy atom. The summed E-state index contributed by atoms with van der Waals surface area (Å²) in [7, 11) is 0. The Hall–Kier alpha value is -2.59. The van der Waals surface area contributed by atoms with Gasteiger partial charge in [-0.25, -0.2) is 4.98 Å². The van der Waals surface area contributed by atoms with E-state index in [0.29, 0.717) is 0 Å². The lowest BCUT2D eigenvalue weighted by Gasteiger charge is -2.29. The highest BCUT2D eigenvalue weighted by Crippen LogP contribution is 2.31. The first-order chi connectivity index (χ1) is 13.2. The number of benzene rings is 2. The molecular weight excluding hydrogens is 356 g/mol. The normalized spacial score (nSPS) is 13.3. The number of aryl methyl sites for hydroxylation is 2. The van der Waals surface area contributed by atoms with Gasteiger partial charge in [0.25, 0.3) is 0 Å². The van der Waals surface area contributed by atoms with Crippen molar-refractivity contribution in [1.82, 2.24) is 9.97 Å². The van der Waals surface area contributed by atoms with Gasteiger partial charge in [0, 0.05) is 35.6 Å². The average Bonchev–Trinajstić information content (AvgIpc) is 2.69. The van der Waals surface area contributed by atoms with Gasteiger partial charge in [-0.3, -0.25) is 0 Å². The van der Waals surface area contributed by atoms with Crippen molar-refractivity contribution >= 4 is 29.1 Å². The Kier molecular flexibility index (Phi) is 5.26. The summed E-state index contributed by atoms with van der Waals surface area (Å²) in [4.78, 5) is 11.7. The Morgan fingerprint density at radius 1 is 1.07 bits per heavy atom. The van der Waals surface area contributed by atoms with Gasteiger partial charge in [-0.1, -0.05) is 41.9 Å². The van der Waals surface area contributed by atoms with Crippen LogP contribution in [0.4, 0.5) is 17.5 Å². The minimum atomic E-state index is 0.768. The molecule has 1 aliphatic heterocycles. The van der Waals surface area contributed by atoms with Gasteiger partial charge >= 0.3 is 0 Å². The van der Waals surface area contributed by atoms with Gasteiger partial charge in [0.05, 0.1) is 0 Å². The molecule has 0 atom stereocenters. The van der Waals surface area contributed by atoms with E-state index in [9.17, 15) is 0 Å². The second-order valence-corrected chi connectivity index (χ2v) is 7.32. The van der Waals surface area contributed by atoms with E-state index in [2.05, 4.69) is 46.6 Å². The number of para-hydroxylation sites is 1. The fourth-order valence-electron chi connectivity index (χ4n) is 3.49. The SMILES string of the molecule is Cc1cc(NCCc2ccc(Cl)cc2)nc(N2CCCc3ccccc32)n1. The molecule has 3 aromatic rings. The maximum Gasteiger partial charge on any atom is 0.232 e. The number of fused-ring (bicyclic) bond motifs is 1. The van der Waals surface area contributed by atoms with Gasteiger partial charge in [0.15, 0.2) is 0 Å². The lowest BCUT2D eigenvalue weighted by Crippen LogP contribution is -2.26. The van der Waals surface area contributed by atoms with Crippen molar-refractivity contribution in [2.45, 2.75) is 26.2 Å². The maximum atomic E-state index is 5.95. The van der Waals surface area contributed by atoms with Crippen LogP contribution in [0.1, 0.15) is 23.2 Å². The zero-order valence-electron chi connectivity index (χ0n) is 15.5. The van der Waals surface area contributed by atoms with Gasteiger partial charge in [0.1, 0.15) is 5.82 Å². The van der Waals surface area contributed by atoms with Crippen LogP contribution in [0.15, 0.2) is 54.6 Å². The molecule has 2 aromatic carbocycles. The number of hydrogen-bond donors (Lipinski definition) is 1. The maximum absolute atomic E-state index is 5.95. The van der Waals surface area contributed by atoms with Gasteiger partial charge in [-0.05, 0) is 55.5 Å². The van der Waals surface area contributed by atoms with Crippen molar-refractivity contribution in [3.63, 3.8) is 0 Å². The Morgan fingerprint density at radius 2 is 1.89 bits per heavy atom. The minimum Gasteiger partial charge on any atom is -0.370 e. The molecule has 4 rings (SSSR count). The number of rotatable bonds is 5. The Labute approximate surface area is 165 Å². The molecule has 1 aliphatic rings. The molecule has 4 nitrogen and oxygen atoms in total. The number of aromatic nitrogens is 2. The molecule has 5 heteroatoms. The van der Waals surface area contributed by atoms with Crippen molar-refractivity contribution in [2.24, 2.45) is 0 Å². The van der Waals surface area contributed by atoms with Crippen molar-refractivity contribution < 1.29 is 0 Å². The van der Waals surface area contributed by atoms with E-state index in [1.807, 2.05) is 25.1 Å². The van der Waals surface area contributed by atoms with E-state index >= 15 is 0 Å². The van der Waals surface area contributed by atoms with Gasteiger partial charge in [-0.2, -0.15) is 4.98 Å². The number of nitrogens with zero attached hydrogens (tertiary/aromatic N) is 3. The molecule has 0 fully saturated rings. The first-order valence-corrected chi connectivity index (χ1v) is 9.76. The summed E-state index contributed by atoms with van der Waals surface area (Å²) < 4.78 is 0. The molecule has 138 valence electrons. The zero-order valence-corrected chi connectivity index (χ0v) is 16.2. The third kappa shape index (κ3) is 4.22. The van der Waals surface area contributed by atoms with Crippen molar-refractivity contribution in [1.29, 1.82) is 0 Å². The third-order valence-electron chi connectivity index (χ3n) is 4.83. The molecule has 0 bridgehead atoms. The highest BCUT2D eigenvalue weighted by Gasteiger charge is 2.20. The highest BCUT2D eigenvalue weighted by molar-refractivity contribution is 6.30. The molecule has 1 aromatic heterocycles. The van der Waals surface area contributed by atoms with Crippen LogP contribution in [0.5, 0.6) is 0 Å². The van der Waals surface area contributed by atoms with Crippen LogP contribution in [0.25, 0.3) is 0 Å². The van der Waals surface area contributed by atoms with Gasteiger partial charge < -0.3 is 10.2 Å². The standard InChI is InChI=1S/C22H23ClN4/c1-16-15-21(24-13-12-17-8-10-19(23)11-9-17)26-22(25-16)27-14-4-6-18-5-2-3-7-20(18)27/h2-3,5,7-11,15H,4,6,12-14H2,1H3,(H,24,25,26). The molecule has 0 amide bonds. The van der Waals surface area contributed by atoms with Gasteiger partial charge in [-0.15, -0.1) is 0 Å². The largest absolute Gasteiger partial charge is 0.370 e. The molecule has 1 N–H and O–H groups in total. The molecule has 0 spiro atoms. The van der Waals surface area contributed by atoms with Crippen molar-refractivity contribution in [3.05, 3.63) is 76.4 Å². The Balaban J connectivity index is 1.49. The molecular formula is C22H23ClN4. The molecule has 27 heavy (non-hydrogen) atoms. The second-order valence-electron chi connectivity index (χ2n) is 6.88. The summed E-state index contributed by atoms with van der Waals surface area (Å²) in [6.07, 6.45) is 3.15. The lowest BCUT2D eigenvalue weighted by atomic mass is 10.0. The number of nitrogens with one attached hydrogen (secondary N) is 1. The molecule has 0 saturated heterocycles. The fourth-order valence-corrected chi connectivity index (χ4v) is 3.62. The third-order valence-corrected chi connectivity index (χ3v) is 5.08. The van der Waals surface area contributed by atoms with Crippen LogP contribution in [0.2, 0.25) is 5.02 Å². The number of hydrogen-bond acceptors (Lipinski definition) is 4. The molecule has 0 aliphatic carbocycles. The van der Waals surface area contributed by atoms with Crippen LogP contribution < -0.4 is 10.2 Å². The van der Waals surface area contributed by atoms with Crippen LogP contribution in [-0.2, 0) is 12.8 Å². The predicted octanol–water partition coefficient (Wildman–Crippen LogP) is 5.18. The van der Waals surface area contributed by atoms with E-state index in [1.165, 1.54) is 16.8 Å². The second kappa shape index (κ2) is 7.97. The van der Waals surface area contributed by atoms with Crippen LogP contribution in [0.3, 0.4) is 0 Å².